The Morgan fingerprint density at radius 1 is 1.09 bits per heavy atom. The first kappa shape index (κ1) is 15.8. The van der Waals surface area contributed by atoms with Gasteiger partial charge < -0.3 is 14.8 Å². The van der Waals surface area contributed by atoms with E-state index in [4.69, 9.17) is 21.1 Å². The molecule has 0 saturated heterocycles. The molecule has 0 radical (unpaired) electrons. The number of Topliss-reactive ketones (excluding diaryl/α,β-unsaturated/α-hetero) is 1. The Bertz CT molecular complexity index is 743. The van der Waals surface area contributed by atoms with Crippen molar-refractivity contribution in [1.29, 1.82) is 0 Å². The van der Waals surface area contributed by atoms with Gasteiger partial charge in [-0.2, -0.15) is 0 Å². The lowest BCUT2D eigenvalue weighted by molar-refractivity contribution is -0.116. The molecule has 2 aromatic rings. The summed E-state index contributed by atoms with van der Waals surface area (Å²) in [5, 5.41) is 2.75. The Hall–Kier alpha value is -2.05. The van der Waals surface area contributed by atoms with E-state index in [0.29, 0.717) is 39.6 Å². The second-order valence-electron chi connectivity index (χ2n) is 4.93. The third-order valence-corrected chi connectivity index (χ3v) is 4.53. The Balaban J connectivity index is 1.54. The highest BCUT2D eigenvalue weighted by Gasteiger charge is 2.14. The van der Waals surface area contributed by atoms with E-state index in [2.05, 4.69) is 5.32 Å². The van der Waals surface area contributed by atoms with Crippen LogP contribution >= 0.6 is 22.9 Å². The summed E-state index contributed by atoms with van der Waals surface area (Å²) in [4.78, 5) is 24.5. The van der Waals surface area contributed by atoms with Crippen LogP contribution in [0.15, 0.2) is 30.3 Å². The van der Waals surface area contributed by atoms with Crippen LogP contribution in [0.3, 0.4) is 0 Å². The lowest BCUT2D eigenvalue weighted by Crippen LogP contribution is -2.16. The van der Waals surface area contributed by atoms with Crippen LogP contribution in [0, 0.1) is 0 Å². The number of ether oxygens (including phenoxy) is 2. The van der Waals surface area contributed by atoms with Gasteiger partial charge in [-0.3, -0.25) is 9.59 Å². The molecule has 0 atom stereocenters. The number of hydrogen-bond acceptors (Lipinski definition) is 5. The zero-order valence-electron chi connectivity index (χ0n) is 12.1. The molecule has 3 rings (SSSR count). The van der Waals surface area contributed by atoms with Gasteiger partial charge in [0.25, 0.3) is 0 Å². The molecule has 0 saturated carbocycles. The Morgan fingerprint density at radius 3 is 2.61 bits per heavy atom. The lowest BCUT2D eigenvalue weighted by atomic mass is 10.2. The highest BCUT2D eigenvalue weighted by Crippen LogP contribution is 2.32. The molecule has 1 aliphatic rings. The molecule has 2 heterocycles. The van der Waals surface area contributed by atoms with Gasteiger partial charge in [-0.25, -0.2) is 0 Å². The van der Waals surface area contributed by atoms with Gasteiger partial charge in [0, 0.05) is 24.6 Å². The van der Waals surface area contributed by atoms with Gasteiger partial charge >= 0.3 is 0 Å². The van der Waals surface area contributed by atoms with Crippen LogP contribution in [0.5, 0.6) is 11.5 Å². The Kier molecular flexibility index (Phi) is 4.83. The van der Waals surface area contributed by atoms with Crippen LogP contribution in [-0.4, -0.2) is 24.9 Å². The van der Waals surface area contributed by atoms with Gasteiger partial charge in [-0.05, 0) is 24.3 Å². The minimum absolute atomic E-state index is 0.0841. The van der Waals surface area contributed by atoms with Crippen LogP contribution in [0.1, 0.15) is 22.5 Å². The summed E-state index contributed by atoms with van der Waals surface area (Å²) in [5.74, 6) is 0.967. The zero-order chi connectivity index (χ0) is 16.2. The third kappa shape index (κ3) is 4.03. The molecule has 7 heteroatoms. The van der Waals surface area contributed by atoms with E-state index in [1.807, 2.05) is 0 Å². The van der Waals surface area contributed by atoms with Crippen LogP contribution in [0.25, 0.3) is 0 Å². The number of carbonyl (C=O) groups is 2. The summed E-state index contributed by atoms with van der Waals surface area (Å²) in [7, 11) is 0. The largest absolute Gasteiger partial charge is 0.486 e. The van der Waals surface area contributed by atoms with Gasteiger partial charge in [0.15, 0.2) is 17.3 Å². The number of fused-ring (bicyclic) bond motifs is 1. The van der Waals surface area contributed by atoms with Gasteiger partial charge in [-0.1, -0.05) is 11.6 Å². The minimum Gasteiger partial charge on any atom is -0.486 e. The van der Waals surface area contributed by atoms with Crippen molar-refractivity contribution >= 4 is 40.3 Å². The molecule has 120 valence electrons. The SMILES string of the molecule is O=C(CCC(=O)c1ccc(Cl)s1)Nc1ccc2c(c1)OCCO2. The third-order valence-electron chi connectivity index (χ3n) is 3.25. The summed E-state index contributed by atoms with van der Waals surface area (Å²) >= 11 is 7.02. The van der Waals surface area contributed by atoms with Crippen molar-refractivity contribution in [2.45, 2.75) is 12.8 Å². The van der Waals surface area contributed by atoms with Crippen LogP contribution in [0.2, 0.25) is 4.34 Å². The first-order valence-corrected chi connectivity index (χ1v) is 8.29. The standard InChI is InChI=1S/C16H14ClNO4S/c17-15-5-4-14(23-15)11(19)2-6-16(20)18-10-1-3-12-13(9-10)22-8-7-21-12/h1,3-5,9H,2,6-8H2,(H,18,20). The van der Waals surface area contributed by atoms with Crippen molar-refractivity contribution in [2.24, 2.45) is 0 Å². The van der Waals surface area contributed by atoms with E-state index in [9.17, 15) is 9.59 Å². The number of carbonyl (C=O) groups excluding carboxylic acids is 2. The maximum Gasteiger partial charge on any atom is 0.224 e. The molecule has 23 heavy (non-hydrogen) atoms. The molecule has 0 bridgehead atoms. The van der Waals surface area contributed by atoms with E-state index in [-0.39, 0.29) is 24.5 Å². The number of ketones is 1. The molecule has 0 unspecified atom stereocenters. The van der Waals surface area contributed by atoms with E-state index >= 15 is 0 Å². The fraction of sp³-hybridized carbons (Fsp3) is 0.250. The van der Waals surface area contributed by atoms with Crippen molar-refractivity contribution in [1.82, 2.24) is 0 Å². The van der Waals surface area contributed by atoms with Crippen LogP contribution < -0.4 is 14.8 Å². The second-order valence-corrected chi connectivity index (χ2v) is 6.65. The molecule has 1 aromatic heterocycles. The molecule has 5 nitrogen and oxygen atoms in total. The van der Waals surface area contributed by atoms with E-state index in [1.54, 1.807) is 30.3 Å². The number of nitrogens with one attached hydrogen (secondary N) is 1. The highest BCUT2D eigenvalue weighted by atomic mass is 35.5. The number of rotatable bonds is 5. The molecule has 0 fully saturated rings. The first-order valence-electron chi connectivity index (χ1n) is 7.10. The molecule has 1 amide bonds. The van der Waals surface area contributed by atoms with Gasteiger partial charge in [0.05, 0.1) is 9.21 Å². The predicted octanol–water partition coefficient (Wildman–Crippen LogP) is 3.77. The summed E-state index contributed by atoms with van der Waals surface area (Å²) in [6, 6.07) is 8.56. The first-order chi connectivity index (χ1) is 11.1. The number of benzene rings is 1. The smallest absolute Gasteiger partial charge is 0.224 e. The average molecular weight is 352 g/mol. The molecule has 1 N–H and O–H groups in total. The fourth-order valence-electron chi connectivity index (χ4n) is 2.16. The molecular weight excluding hydrogens is 338 g/mol. The van der Waals surface area contributed by atoms with Crippen LogP contribution in [0.4, 0.5) is 5.69 Å². The van der Waals surface area contributed by atoms with Crippen molar-refractivity contribution in [3.63, 3.8) is 0 Å². The Labute approximate surface area is 142 Å². The van der Waals surface area contributed by atoms with E-state index in [0.717, 1.165) is 0 Å². The molecule has 0 spiro atoms. The summed E-state index contributed by atoms with van der Waals surface area (Å²) < 4.78 is 11.4. The molecular formula is C16H14ClNO4S. The van der Waals surface area contributed by atoms with Crippen molar-refractivity contribution in [2.75, 3.05) is 18.5 Å². The maximum absolute atomic E-state index is 12.0. The van der Waals surface area contributed by atoms with E-state index < -0.39 is 0 Å². The van der Waals surface area contributed by atoms with Crippen molar-refractivity contribution in [3.05, 3.63) is 39.5 Å². The van der Waals surface area contributed by atoms with Gasteiger partial charge in [0.2, 0.25) is 5.91 Å². The second kappa shape index (κ2) is 7.02. The number of hydrogen-bond donors (Lipinski definition) is 1. The summed E-state index contributed by atoms with van der Waals surface area (Å²) in [6.07, 6.45) is 0.260. The van der Waals surface area contributed by atoms with Gasteiger partial charge in [0.1, 0.15) is 13.2 Å². The number of anilines is 1. The monoisotopic (exact) mass is 351 g/mol. The van der Waals surface area contributed by atoms with E-state index in [1.165, 1.54) is 11.3 Å². The average Bonchev–Trinajstić information content (AvgIpc) is 2.99. The summed E-state index contributed by atoms with van der Waals surface area (Å²) in [5.41, 5.74) is 0.617. The van der Waals surface area contributed by atoms with Crippen molar-refractivity contribution in [3.8, 4) is 11.5 Å². The number of amides is 1. The normalized spacial score (nSPS) is 12.7. The summed E-state index contributed by atoms with van der Waals surface area (Å²) in [6.45, 7) is 1.01. The number of thiophene rings is 1. The lowest BCUT2D eigenvalue weighted by Gasteiger charge is -2.19. The topological polar surface area (TPSA) is 64.6 Å². The highest BCUT2D eigenvalue weighted by molar-refractivity contribution is 7.18. The molecule has 0 aliphatic carbocycles. The minimum atomic E-state index is -0.224. The van der Waals surface area contributed by atoms with Crippen molar-refractivity contribution < 1.29 is 19.1 Å². The maximum atomic E-state index is 12.0. The molecule has 1 aromatic carbocycles. The van der Waals surface area contributed by atoms with Gasteiger partial charge in [-0.15, -0.1) is 11.3 Å². The van der Waals surface area contributed by atoms with Crippen LogP contribution in [-0.2, 0) is 4.79 Å². The fourth-order valence-corrected chi connectivity index (χ4v) is 3.17. The quantitative estimate of drug-likeness (QED) is 0.833. The zero-order valence-corrected chi connectivity index (χ0v) is 13.7. The molecule has 1 aliphatic heterocycles. The number of halogens is 1. The predicted molar refractivity (Wildman–Crippen MR) is 89.0 cm³/mol. The Morgan fingerprint density at radius 2 is 1.87 bits per heavy atom.